The lowest BCUT2D eigenvalue weighted by Gasteiger charge is -2.15. The van der Waals surface area contributed by atoms with E-state index in [1.165, 1.54) is 0 Å². The summed E-state index contributed by atoms with van der Waals surface area (Å²) in [6.07, 6.45) is -4.77. The van der Waals surface area contributed by atoms with Crippen LogP contribution < -0.4 is 5.73 Å². The summed E-state index contributed by atoms with van der Waals surface area (Å²) in [5.41, 5.74) is 3.00. The standard InChI is InChI=1S/C9H7F4NO2/c10-4-1-2-6(9(11,12)13)5(3-4)7(14)8(15)16/h1-3,7H,14H2,(H,15,16). The molecule has 0 saturated heterocycles. The van der Waals surface area contributed by atoms with Crippen molar-refractivity contribution in [2.75, 3.05) is 0 Å². The Morgan fingerprint density at radius 2 is 1.94 bits per heavy atom. The third-order valence-corrected chi connectivity index (χ3v) is 1.92. The quantitative estimate of drug-likeness (QED) is 0.772. The van der Waals surface area contributed by atoms with Crippen molar-refractivity contribution in [1.29, 1.82) is 0 Å². The molecule has 0 bridgehead atoms. The van der Waals surface area contributed by atoms with Gasteiger partial charge in [-0.25, -0.2) is 4.39 Å². The molecular weight excluding hydrogens is 230 g/mol. The van der Waals surface area contributed by atoms with Gasteiger partial charge in [-0.1, -0.05) is 0 Å². The van der Waals surface area contributed by atoms with Crippen molar-refractivity contribution in [1.82, 2.24) is 0 Å². The number of carboxylic acids is 1. The lowest BCUT2D eigenvalue weighted by atomic mass is 10.0. The van der Waals surface area contributed by atoms with E-state index in [9.17, 15) is 22.4 Å². The molecule has 0 fully saturated rings. The van der Waals surface area contributed by atoms with Crippen molar-refractivity contribution in [3.8, 4) is 0 Å². The Hall–Kier alpha value is -1.63. The highest BCUT2D eigenvalue weighted by molar-refractivity contribution is 5.75. The molecule has 1 rings (SSSR count). The zero-order chi connectivity index (χ0) is 12.5. The molecule has 16 heavy (non-hydrogen) atoms. The lowest BCUT2D eigenvalue weighted by molar-refractivity contribution is -0.141. The summed E-state index contributed by atoms with van der Waals surface area (Å²) in [7, 11) is 0. The van der Waals surface area contributed by atoms with E-state index in [1.807, 2.05) is 0 Å². The topological polar surface area (TPSA) is 63.3 Å². The van der Waals surface area contributed by atoms with Gasteiger partial charge < -0.3 is 10.8 Å². The Morgan fingerprint density at radius 1 is 1.38 bits per heavy atom. The van der Waals surface area contributed by atoms with Crippen LogP contribution in [-0.2, 0) is 11.0 Å². The second kappa shape index (κ2) is 4.09. The minimum absolute atomic E-state index is 0.466. The Balaban J connectivity index is 3.35. The summed E-state index contributed by atoms with van der Waals surface area (Å²) in [5, 5.41) is 8.50. The molecule has 0 saturated carbocycles. The fraction of sp³-hybridized carbons (Fsp3) is 0.222. The van der Waals surface area contributed by atoms with Crippen LogP contribution in [0.3, 0.4) is 0 Å². The van der Waals surface area contributed by atoms with Crippen LogP contribution in [0.2, 0.25) is 0 Å². The second-order valence-electron chi connectivity index (χ2n) is 3.05. The summed E-state index contributed by atoms with van der Waals surface area (Å²) in [4.78, 5) is 10.5. The monoisotopic (exact) mass is 237 g/mol. The van der Waals surface area contributed by atoms with Crippen molar-refractivity contribution in [2.45, 2.75) is 12.2 Å². The van der Waals surface area contributed by atoms with Gasteiger partial charge in [-0.2, -0.15) is 13.2 Å². The van der Waals surface area contributed by atoms with Gasteiger partial charge in [-0.3, -0.25) is 4.79 Å². The average molecular weight is 237 g/mol. The van der Waals surface area contributed by atoms with Gasteiger partial charge in [0.05, 0.1) is 5.56 Å². The minimum atomic E-state index is -4.77. The number of benzene rings is 1. The molecule has 3 nitrogen and oxygen atoms in total. The number of carbonyl (C=O) groups is 1. The molecule has 0 aromatic heterocycles. The normalized spacial score (nSPS) is 13.6. The number of hydrogen-bond donors (Lipinski definition) is 2. The predicted octanol–water partition coefficient (Wildman–Crippen LogP) is 1.93. The van der Waals surface area contributed by atoms with Gasteiger partial charge in [0.25, 0.3) is 0 Å². The molecular formula is C9H7F4NO2. The molecule has 0 heterocycles. The van der Waals surface area contributed by atoms with Gasteiger partial charge in [-0.05, 0) is 23.8 Å². The first-order valence-electron chi connectivity index (χ1n) is 4.08. The Kier molecular flexibility index (Phi) is 3.18. The molecule has 1 unspecified atom stereocenters. The Morgan fingerprint density at radius 3 is 2.38 bits per heavy atom. The summed E-state index contributed by atoms with van der Waals surface area (Å²) in [5.74, 6) is -2.63. The first-order valence-corrected chi connectivity index (χ1v) is 4.08. The van der Waals surface area contributed by atoms with Crippen molar-refractivity contribution in [2.24, 2.45) is 5.73 Å². The molecule has 7 heteroatoms. The Bertz CT molecular complexity index is 416. The maximum Gasteiger partial charge on any atom is 0.416 e. The van der Waals surface area contributed by atoms with Gasteiger partial charge in [0.1, 0.15) is 11.9 Å². The van der Waals surface area contributed by atoms with Crippen molar-refractivity contribution in [3.63, 3.8) is 0 Å². The molecule has 0 aliphatic rings. The van der Waals surface area contributed by atoms with Crippen molar-refractivity contribution < 1.29 is 27.5 Å². The minimum Gasteiger partial charge on any atom is -0.480 e. The van der Waals surface area contributed by atoms with Gasteiger partial charge in [0, 0.05) is 0 Å². The zero-order valence-corrected chi connectivity index (χ0v) is 7.75. The summed E-state index contributed by atoms with van der Waals surface area (Å²) in [6, 6.07) is -0.372. The Labute approximate surface area is 87.5 Å². The summed E-state index contributed by atoms with van der Waals surface area (Å²) in [6.45, 7) is 0. The molecule has 0 spiro atoms. The fourth-order valence-corrected chi connectivity index (χ4v) is 1.18. The number of alkyl halides is 3. The highest BCUT2D eigenvalue weighted by Crippen LogP contribution is 2.34. The van der Waals surface area contributed by atoms with Crippen LogP contribution in [0.25, 0.3) is 0 Å². The second-order valence-corrected chi connectivity index (χ2v) is 3.05. The van der Waals surface area contributed by atoms with Gasteiger partial charge >= 0.3 is 12.1 Å². The molecule has 0 aliphatic carbocycles. The van der Waals surface area contributed by atoms with Crippen LogP contribution in [0.15, 0.2) is 18.2 Å². The number of carboxylic acid groups (broad SMARTS) is 1. The first kappa shape index (κ1) is 12.4. The third-order valence-electron chi connectivity index (χ3n) is 1.92. The smallest absolute Gasteiger partial charge is 0.416 e. The van der Waals surface area contributed by atoms with E-state index in [0.717, 1.165) is 0 Å². The number of halogens is 4. The molecule has 0 aliphatic heterocycles. The van der Waals surface area contributed by atoms with Crippen LogP contribution >= 0.6 is 0 Å². The number of aliphatic carboxylic acids is 1. The van der Waals surface area contributed by atoms with E-state index in [1.54, 1.807) is 0 Å². The lowest BCUT2D eigenvalue weighted by Crippen LogP contribution is -2.24. The summed E-state index contributed by atoms with van der Waals surface area (Å²) < 4.78 is 50.0. The predicted molar refractivity (Wildman–Crippen MR) is 46.0 cm³/mol. The highest BCUT2D eigenvalue weighted by atomic mass is 19.4. The molecule has 1 aromatic rings. The number of hydrogen-bond acceptors (Lipinski definition) is 2. The molecule has 0 amide bonds. The van der Waals surface area contributed by atoms with Crippen LogP contribution in [0.4, 0.5) is 17.6 Å². The van der Waals surface area contributed by atoms with E-state index in [-0.39, 0.29) is 0 Å². The van der Waals surface area contributed by atoms with Crippen LogP contribution in [-0.4, -0.2) is 11.1 Å². The van der Waals surface area contributed by atoms with Crippen LogP contribution in [0.5, 0.6) is 0 Å². The first-order chi connectivity index (χ1) is 7.23. The average Bonchev–Trinajstić information content (AvgIpc) is 2.14. The fourth-order valence-electron chi connectivity index (χ4n) is 1.18. The molecule has 1 atom stereocenters. The zero-order valence-electron chi connectivity index (χ0n) is 7.75. The van der Waals surface area contributed by atoms with Crippen LogP contribution in [0, 0.1) is 5.82 Å². The molecule has 1 aromatic carbocycles. The van der Waals surface area contributed by atoms with Crippen LogP contribution in [0.1, 0.15) is 17.2 Å². The number of rotatable bonds is 2. The van der Waals surface area contributed by atoms with E-state index in [2.05, 4.69) is 0 Å². The molecule has 0 radical (unpaired) electrons. The number of nitrogens with two attached hydrogens (primary N) is 1. The van der Waals surface area contributed by atoms with Crippen molar-refractivity contribution >= 4 is 5.97 Å². The van der Waals surface area contributed by atoms with E-state index < -0.39 is 35.1 Å². The molecule has 88 valence electrons. The highest BCUT2D eigenvalue weighted by Gasteiger charge is 2.36. The van der Waals surface area contributed by atoms with E-state index in [4.69, 9.17) is 10.8 Å². The van der Waals surface area contributed by atoms with Gasteiger partial charge in [0.15, 0.2) is 0 Å². The SMILES string of the molecule is NC(C(=O)O)c1cc(F)ccc1C(F)(F)F. The summed E-state index contributed by atoms with van der Waals surface area (Å²) >= 11 is 0. The largest absolute Gasteiger partial charge is 0.480 e. The molecule has 3 N–H and O–H groups in total. The van der Waals surface area contributed by atoms with Gasteiger partial charge in [0.2, 0.25) is 0 Å². The van der Waals surface area contributed by atoms with Crippen molar-refractivity contribution in [3.05, 3.63) is 35.1 Å². The third kappa shape index (κ3) is 2.48. The maximum absolute atomic E-state index is 12.7. The van der Waals surface area contributed by atoms with E-state index in [0.29, 0.717) is 18.2 Å². The maximum atomic E-state index is 12.7. The van der Waals surface area contributed by atoms with E-state index >= 15 is 0 Å². The van der Waals surface area contributed by atoms with Gasteiger partial charge in [-0.15, -0.1) is 0 Å².